The minimum atomic E-state index is 0.758. The van der Waals surface area contributed by atoms with Crippen molar-refractivity contribution in [1.29, 1.82) is 0 Å². The number of anilines is 3. The van der Waals surface area contributed by atoms with E-state index in [-0.39, 0.29) is 0 Å². The molecule has 1 saturated heterocycles. The molecule has 1 aliphatic rings. The van der Waals surface area contributed by atoms with E-state index in [1.165, 1.54) is 0 Å². The van der Waals surface area contributed by atoms with Crippen LogP contribution in [0.4, 0.5) is 17.2 Å². The zero-order valence-corrected chi connectivity index (χ0v) is 17.7. The van der Waals surface area contributed by atoms with Crippen molar-refractivity contribution >= 4 is 33.9 Å². The fraction of sp³-hybridized carbons (Fsp3) is 0.208. The number of hydrogen-bond acceptors (Lipinski definition) is 6. The van der Waals surface area contributed by atoms with Crippen LogP contribution in [-0.4, -0.2) is 50.6 Å². The summed E-state index contributed by atoms with van der Waals surface area (Å²) in [6.45, 7) is 5.42. The van der Waals surface area contributed by atoms with Crippen LogP contribution in [0.25, 0.3) is 27.8 Å². The Morgan fingerprint density at radius 1 is 1.03 bits per heavy atom. The number of morpholine rings is 1. The van der Waals surface area contributed by atoms with E-state index in [0.29, 0.717) is 0 Å². The maximum atomic E-state index is 5.44. The van der Waals surface area contributed by atoms with E-state index >= 15 is 0 Å². The van der Waals surface area contributed by atoms with Crippen molar-refractivity contribution in [3.05, 3.63) is 67.0 Å². The maximum Gasteiger partial charge on any atom is 0.160 e. The quantitative estimate of drug-likeness (QED) is 0.450. The number of aromatic nitrogens is 5. The molecular weight excluding hydrogens is 402 g/mol. The van der Waals surface area contributed by atoms with Gasteiger partial charge in [0.2, 0.25) is 0 Å². The molecule has 8 heteroatoms. The first kappa shape index (κ1) is 18.8. The number of rotatable bonds is 4. The van der Waals surface area contributed by atoms with Crippen LogP contribution in [0.15, 0.2) is 61.3 Å². The van der Waals surface area contributed by atoms with Gasteiger partial charge in [0.15, 0.2) is 5.65 Å². The normalized spacial score (nSPS) is 14.3. The summed E-state index contributed by atoms with van der Waals surface area (Å²) in [6, 6.07) is 12.5. The molecule has 1 aliphatic heterocycles. The molecule has 0 unspecified atom stereocenters. The fourth-order valence-corrected chi connectivity index (χ4v) is 4.31. The molecule has 2 N–H and O–H groups in total. The summed E-state index contributed by atoms with van der Waals surface area (Å²) in [5.41, 5.74) is 8.23. The lowest BCUT2D eigenvalue weighted by atomic mass is 10.0. The van der Waals surface area contributed by atoms with Gasteiger partial charge in [-0.05, 0) is 42.8 Å². The summed E-state index contributed by atoms with van der Waals surface area (Å²) < 4.78 is 7.55. The second-order valence-corrected chi connectivity index (χ2v) is 7.94. The summed E-state index contributed by atoms with van der Waals surface area (Å²) >= 11 is 0. The zero-order valence-electron chi connectivity index (χ0n) is 17.7. The lowest BCUT2D eigenvalue weighted by Gasteiger charge is -2.28. The Morgan fingerprint density at radius 2 is 1.94 bits per heavy atom. The number of benzene rings is 1. The lowest BCUT2D eigenvalue weighted by molar-refractivity contribution is 0.122. The highest BCUT2D eigenvalue weighted by Gasteiger charge is 2.15. The number of aryl methyl sites for hydroxylation is 1. The van der Waals surface area contributed by atoms with Crippen LogP contribution in [-0.2, 0) is 4.74 Å². The second-order valence-electron chi connectivity index (χ2n) is 7.94. The van der Waals surface area contributed by atoms with Gasteiger partial charge in [-0.1, -0.05) is 6.07 Å². The van der Waals surface area contributed by atoms with E-state index in [1.54, 1.807) is 6.33 Å². The third-order valence-electron chi connectivity index (χ3n) is 6.04. The molecular formula is C24H23N7O. The Morgan fingerprint density at radius 3 is 2.78 bits per heavy atom. The number of aromatic amines is 1. The molecule has 0 spiro atoms. The van der Waals surface area contributed by atoms with Gasteiger partial charge in [-0.15, -0.1) is 0 Å². The predicted octanol–water partition coefficient (Wildman–Crippen LogP) is 4.16. The summed E-state index contributed by atoms with van der Waals surface area (Å²) in [5, 5.41) is 3.47. The van der Waals surface area contributed by atoms with Crippen molar-refractivity contribution < 1.29 is 4.74 Å². The molecule has 0 amide bonds. The van der Waals surface area contributed by atoms with Crippen LogP contribution in [0.2, 0.25) is 0 Å². The smallest absolute Gasteiger partial charge is 0.160 e. The molecule has 160 valence electrons. The number of nitrogens with one attached hydrogen (secondary N) is 2. The van der Waals surface area contributed by atoms with Gasteiger partial charge >= 0.3 is 0 Å². The van der Waals surface area contributed by atoms with Crippen LogP contribution in [0.3, 0.4) is 0 Å². The van der Waals surface area contributed by atoms with Gasteiger partial charge in [0.25, 0.3) is 0 Å². The lowest BCUT2D eigenvalue weighted by Crippen LogP contribution is -2.36. The van der Waals surface area contributed by atoms with Crippen molar-refractivity contribution in [2.75, 3.05) is 36.5 Å². The first-order valence-corrected chi connectivity index (χ1v) is 10.7. The van der Waals surface area contributed by atoms with E-state index in [1.807, 2.05) is 30.7 Å². The molecule has 1 aromatic carbocycles. The van der Waals surface area contributed by atoms with Crippen molar-refractivity contribution in [3.63, 3.8) is 0 Å². The molecule has 6 rings (SSSR count). The molecule has 0 radical (unpaired) electrons. The standard InChI is InChI=1S/C24H23N7O/c1-16-19(17-2-4-20-21(12-17)28-15-27-20)13-22(24-25-6-7-31(16)24)29-23-5-3-18(14-26-23)30-8-10-32-11-9-30/h2-7,12-15H,8-11H2,1H3,(H,26,29)(H,27,28). The van der Waals surface area contributed by atoms with Crippen molar-refractivity contribution in [3.8, 4) is 11.1 Å². The predicted molar refractivity (Wildman–Crippen MR) is 126 cm³/mol. The Labute approximate surface area is 184 Å². The molecule has 0 bridgehead atoms. The molecule has 32 heavy (non-hydrogen) atoms. The molecule has 4 aromatic heterocycles. The van der Waals surface area contributed by atoms with Crippen LogP contribution < -0.4 is 10.2 Å². The van der Waals surface area contributed by atoms with Crippen LogP contribution in [0.1, 0.15) is 5.69 Å². The number of H-pyrrole nitrogens is 1. The molecule has 8 nitrogen and oxygen atoms in total. The fourth-order valence-electron chi connectivity index (χ4n) is 4.31. The van der Waals surface area contributed by atoms with Crippen molar-refractivity contribution in [1.82, 2.24) is 24.3 Å². The highest BCUT2D eigenvalue weighted by molar-refractivity contribution is 5.86. The average Bonchev–Trinajstić information content (AvgIpc) is 3.52. The minimum absolute atomic E-state index is 0.758. The molecule has 0 aliphatic carbocycles. The van der Waals surface area contributed by atoms with Crippen LogP contribution >= 0.6 is 0 Å². The van der Waals surface area contributed by atoms with Gasteiger partial charge < -0.3 is 24.3 Å². The number of hydrogen-bond donors (Lipinski definition) is 2. The van der Waals surface area contributed by atoms with Crippen LogP contribution in [0, 0.1) is 6.92 Å². The molecule has 1 fully saturated rings. The number of nitrogens with zero attached hydrogens (tertiary/aromatic N) is 5. The number of fused-ring (bicyclic) bond motifs is 2. The third-order valence-corrected chi connectivity index (χ3v) is 6.04. The van der Waals surface area contributed by atoms with E-state index in [2.05, 4.69) is 65.7 Å². The molecule has 5 heterocycles. The third kappa shape index (κ3) is 3.25. The molecule has 0 atom stereocenters. The van der Waals surface area contributed by atoms with Crippen molar-refractivity contribution in [2.24, 2.45) is 0 Å². The largest absolute Gasteiger partial charge is 0.378 e. The van der Waals surface area contributed by atoms with E-state index in [4.69, 9.17) is 4.74 Å². The minimum Gasteiger partial charge on any atom is -0.378 e. The zero-order chi connectivity index (χ0) is 21.5. The van der Waals surface area contributed by atoms with Gasteiger partial charge in [-0.2, -0.15) is 0 Å². The van der Waals surface area contributed by atoms with Gasteiger partial charge in [0.05, 0.1) is 48.1 Å². The van der Waals surface area contributed by atoms with E-state index in [9.17, 15) is 0 Å². The summed E-state index contributed by atoms with van der Waals surface area (Å²) in [4.78, 5) is 19.1. The Balaban J connectivity index is 1.37. The first-order valence-electron chi connectivity index (χ1n) is 10.7. The number of ether oxygens (including phenoxy) is 1. The number of pyridine rings is 2. The van der Waals surface area contributed by atoms with Gasteiger partial charge in [0, 0.05) is 36.7 Å². The molecule has 5 aromatic rings. The van der Waals surface area contributed by atoms with Gasteiger partial charge in [-0.25, -0.2) is 15.0 Å². The van der Waals surface area contributed by atoms with Crippen molar-refractivity contribution in [2.45, 2.75) is 6.92 Å². The topological polar surface area (TPSA) is 83.4 Å². The Hall–Kier alpha value is -3.91. The first-order chi connectivity index (χ1) is 15.8. The van der Waals surface area contributed by atoms with Gasteiger partial charge in [-0.3, -0.25) is 0 Å². The van der Waals surface area contributed by atoms with Gasteiger partial charge in [0.1, 0.15) is 5.82 Å². The second kappa shape index (κ2) is 7.65. The van der Waals surface area contributed by atoms with E-state index in [0.717, 1.165) is 77.0 Å². The maximum absolute atomic E-state index is 5.44. The highest BCUT2D eigenvalue weighted by Crippen LogP contribution is 2.32. The number of imidazole rings is 2. The summed E-state index contributed by atoms with van der Waals surface area (Å²) in [6.07, 6.45) is 7.45. The Kier molecular flexibility index (Phi) is 4.50. The highest BCUT2D eigenvalue weighted by atomic mass is 16.5. The monoisotopic (exact) mass is 425 g/mol. The Bertz CT molecular complexity index is 1400. The molecule has 0 saturated carbocycles. The van der Waals surface area contributed by atoms with E-state index < -0.39 is 0 Å². The average molecular weight is 425 g/mol. The summed E-state index contributed by atoms with van der Waals surface area (Å²) in [7, 11) is 0. The van der Waals surface area contributed by atoms with Crippen LogP contribution in [0.5, 0.6) is 0 Å². The summed E-state index contributed by atoms with van der Waals surface area (Å²) in [5.74, 6) is 0.783. The SMILES string of the molecule is Cc1c(-c2ccc3nc[nH]c3c2)cc(Nc2ccc(N3CCOCC3)cn2)c2nccn12.